The Labute approximate surface area is 130 Å². The number of aryl methyl sites for hydroxylation is 1. The molecule has 0 amide bonds. The molecule has 1 saturated heterocycles. The molecule has 1 aliphatic carbocycles. The number of Topliss-reactive ketones (excluding diaryl/α,β-unsaturated/α-hetero) is 1. The fourth-order valence-corrected chi connectivity index (χ4v) is 3.34. The van der Waals surface area contributed by atoms with Crippen LogP contribution in [0.25, 0.3) is 0 Å². The van der Waals surface area contributed by atoms with E-state index in [1.165, 1.54) is 12.1 Å². The number of hydrogen-bond acceptors (Lipinski definition) is 2. The number of rotatable bonds is 1. The summed E-state index contributed by atoms with van der Waals surface area (Å²) < 4.78 is 43.6. The number of carbonyl (C=O) groups is 1. The van der Waals surface area contributed by atoms with Gasteiger partial charge in [-0.15, -0.1) is 0 Å². The minimum Gasteiger partial charge on any atom is -0.352 e. The zero-order chi connectivity index (χ0) is 16.2. The molecule has 2 aromatic carbocycles. The number of halogens is 3. The van der Waals surface area contributed by atoms with Crippen molar-refractivity contribution in [3.8, 4) is 0 Å². The van der Waals surface area contributed by atoms with Gasteiger partial charge in [0.15, 0.2) is 11.4 Å². The molecule has 4 rings (SSSR count). The van der Waals surface area contributed by atoms with Gasteiger partial charge in [-0.05, 0) is 36.1 Å². The summed E-state index contributed by atoms with van der Waals surface area (Å²) in [6.07, 6.45) is -3.51. The van der Waals surface area contributed by atoms with Gasteiger partial charge in [0.2, 0.25) is 0 Å². The zero-order valence-corrected chi connectivity index (χ0v) is 12.1. The predicted molar refractivity (Wildman–Crippen MR) is 77.1 cm³/mol. The standard InChI is InChI=1S/C18H13F3O2/c19-18(20,21)13-7-5-12(6-8-13)16-17(23-16)10-9-11-3-1-2-4-14(11)15(17)22/h1-8,16H,9-10H2. The molecule has 0 saturated carbocycles. The summed E-state index contributed by atoms with van der Waals surface area (Å²) in [5.41, 5.74) is 0.689. The first-order chi connectivity index (χ1) is 10.9. The van der Waals surface area contributed by atoms with Crippen LogP contribution < -0.4 is 0 Å². The van der Waals surface area contributed by atoms with E-state index < -0.39 is 23.4 Å². The van der Waals surface area contributed by atoms with Gasteiger partial charge in [0.1, 0.15) is 6.10 Å². The van der Waals surface area contributed by atoms with Gasteiger partial charge in [0.25, 0.3) is 0 Å². The van der Waals surface area contributed by atoms with Gasteiger partial charge in [-0.25, -0.2) is 0 Å². The van der Waals surface area contributed by atoms with Crippen LogP contribution >= 0.6 is 0 Å². The van der Waals surface area contributed by atoms with Crippen LogP contribution in [-0.4, -0.2) is 11.4 Å². The molecular formula is C18H13F3O2. The SMILES string of the molecule is O=C1c2ccccc2CCC12OC2c1ccc(C(F)(F)F)cc1. The first-order valence-electron chi connectivity index (χ1n) is 7.39. The molecule has 2 aromatic rings. The van der Waals surface area contributed by atoms with Crippen molar-refractivity contribution in [2.75, 3.05) is 0 Å². The normalized spacial score (nSPS) is 26.2. The molecule has 2 unspecified atom stereocenters. The zero-order valence-electron chi connectivity index (χ0n) is 12.1. The third kappa shape index (κ3) is 2.18. The van der Waals surface area contributed by atoms with E-state index in [0.29, 0.717) is 17.5 Å². The smallest absolute Gasteiger partial charge is 0.352 e. The summed E-state index contributed by atoms with van der Waals surface area (Å²) in [6.45, 7) is 0. The van der Waals surface area contributed by atoms with E-state index in [-0.39, 0.29) is 5.78 Å². The van der Waals surface area contributed by atoms with Crippen LogP contribution in [0.15, 0.2) is 48.5 Å². The van der Waals surface area contributed by atoms with Gasteiger partial charge in [-0.1, -0.05) is 36.4 Å². The average Bonchev–Trinajstić information content (AvgIpc) is 3.26. The lowest BCUT2D eigenvalue weighted by Gasteiger charge is -2.20. The Bertz CT molecular complexity index is 780. The van der Waals surface area contributed by atoms with E-state index in [9.17, 15) is 18.0 Å². The van der Waals surface area contributed by atoms with Crippen LogP contribution in [0.2, 0.25) is 0 Å². The molecule has 1 spiro atoms. The van der Waals surface area contributed by atoms with Crippen molar-refractivity contribution in [1.82, 2.24) is 0 Å². The molecule has 0 aromatic heterocycles. The fraction of sp³-hybridized carbons (Fsp3) is 0.278. The first kappa shape index (κ1) is 14.5. The molecule has 1 heterocycles. The molecule has 1 fully saturated rings. The Morgan fingerprint density at radius 2 is 1.74 bits per heavy atom. The minimum atomic E-state index is -4.36. The fourth-order valence-electron chi connectivity index (χ4n) is 3.34. The number of alkyl halides is 3. The molecule has 5 heteroatoms. The van der Waals surface area contributed by atoms with Crippen LogP contribution in [-0.2, 0) is 17.3 Å². The lowest BCUT2D eigenvalue weighted by atomic mass is 9.79. The highest BCUT2D eigenvalue weighted by Gasteiger charge is 2.63. The molecule has 0 bridgehead atoms. The maximum absolute atomic E-state index is 12.7. The summed E-state index contributed by atoms with van der Waals surface area (Å²) in [5.74, 6) is -0.0655. The molecule has 23 heavy (non-hydrogen) atoms. The van der Waals surface area contributed by atoms with Crippen molar-refractivity contribution in [2.45, 2.75) is 30.7 Å². The van der Waals surface area contributed by atoms with Crippen molar-refractivity contribution in [3.63, 3.8) is 0 Å². The van der Waals surface area contributed by atoms with Crippen molar-refractivity contribution >= 4 is 5.78 Å². The average molecular weight is 318 g/mol. The molecule has 118 valence electrons. The first-order valence-corrected chi connectivity index (χ1v) is 7.39. The molecular weight excluding hydrogens is 305 g/mol. The van der Waals surface area contributed by atoms with Gasteiger partial charge in [0.05, 0.1) is 5.56 Å². The van der Waals surface area contributed by atoms with Crippen molar-refractivity contribution in [1.29, 1.82) is 0 Å². The van der Waals surface area contributed by atoms with Gasteiger partial charge < -0.3 is 4.74 Å². The lowest BCUT2D eigenvalue weighted by Crippen LogP contribution is -2.31. The number of fused-ring (bicyclic) bond motifs is 1. The second kappa shape index (κ2) is 4.68. The van der Waals surface area contributed by atoms with E-state index in [1.54, 1.807) is 6.07 Å². The highest BCUT2D eigenvalue weighted by Crippen LogP contribution is 2.56. The van der Waals surface area contributed by atoms with E-state index in [4.69, 9.17) is 4.74 Å². The lowest BCUT2D eigenvalue weighted by molar-refractivity contribution is -0.137. The van der Waals surface area contributed by atoms with Crippen molar-refractivity contribution in [3.05, 3.63) is 70.8 Å². The van der Waals surface area contributed by atoms with Gasteiger partial charge in [-0.3, -0.25) is 4.79 Å². The van der Waals surface area contributed by atoms with Gasteiger partial charge >= 0.3 is 6.18 Å². The van der Waals surface area contributed by atoms with Crippen LogP contribution in [0.4, 0.5) is 13.2 Å². The van der Waals surface area contributed by atoms with Gasteiger partial charge in [-0.2, -0.15) is 13.2 Å². The predicted octanol–water partition coefficient (Wildman–Crippen LogP) is 4.34. The summed E-state index contributed by atoms with van der Waals surface area (Å²) in [4.78, 5) is 12.7. The number of epoxide rings is 1. The third-order valence-electron chi connectivity index (χ3n) is 4.65. The number of carbonyl (C=O) groups excluding carboxylic acids is 1. The van der Waals surface area contributed by atoms with E-state index in [0.717, 1.165) is 24.1 Å². The summed E-state index contributed by atoms with van der Waals surface area (Å²) >= 11 is 0. The largest absolute Gasteiger partial charge is 0.416 e. The molecule has 0 radical (unpaired) electrons. The van der Waals surface area contributed by atoms with E-state index in [1.807, 2.05) is 18.2 Å². The molecule has 2 nitrogen and oxygen atoms in total. The number of ketones is 1. The van der Waals surface area contributed by atoms with Crippen LogP contribution in [0.1, 0.15) is 39.6 Å². The second-order valence-electron chi connectivity index (χ2n) is 5.99. The van der Waals surface area contributed by atoms with Gasteiger partial charge in [0, 0.05) is 5.56 Å². The Morgan fingerprint density at radius 3 is 2.43 bits per heavy atom. The summed E-state index contributed by atoms with van der Waals surface area (Å²) in [5, 5.41) is 0. The van der Waals surface area contributed by atoms with Crippen LogP contribution in [0.5, 0.6) is 0 Å². The number of hydrogen-bond donors (Lipinski definition) is 0. The second-order valence-corrected chi connectivity index (χ2v) is 5.99. The Balaban J connectivity index is 1.62. The molecule has 0 N–H and O–H groups in total. The number of benzene rings is 2. The third-order valence-corrected chi connectivity index (χ3v) is 4.65. The van der Waals surface area contributed by atoms with E-state index >= 15 is 0 Å². The maximum atomic E-state index is 12.7. The molecule has 2 atom stereocenters. The van der Waals surface area contributed by atoms with Crippen molar-refractivity contribution in [2.24, 2.45) is 0 Å². The quantitative estimate of drug-likeness (QED) is 0.732. The van der Waals surface area contributed by atoms with Crippen molar-refractivity contribution < 1.29 is 22.7 Å². The highest BCUT2D eigenvalue weighted by molar-refractivity contribution is 6.07. The van der Waals surface area contributed by atoms with Crippen LogP contribution in [0.3, 0.4) is 0 Å². The Kier molecular flexibility index (Phi) is 2.94. The van der Waals surface area contributed by atoms with E-state index in [2.05, 4.69) is 0 Å². The van der Waals surface area contributed by atoms with Crippen LogP contribution in [0, 0.1) is 0 Å². The monoisotopic (exact) mass is 318 g/mol. The summed E-state index contributed by atoms with van der Waals surface area (Å²) in [7, 11) is 0. The highest BCUT2D eigenvalue weighted by atomic mass is 19.4. The Hall–Kier alpha value is -2.14. The molecule has 1 aliphatic heterocycles. The molecule has 2 aliphatic rings. The topological polar surface area (TPSA) is 29.6 Å². The number of ether oxygens (including phenoxy) is 1. The summed E-state index contributed by atoms with van der Waals surface area (Å²) in [6, 6.07) is 12.3. The Morgan fingerprint density at radius 1 is 1.04 bits per heavy atom. The maximum Gasteiger partial charge on any atom is 0.416 e. The minimum absolute atomic E-state index is 0.0655.